The lowest BCUT2D eigenvalue weighted by atomic mass is 10.1. The van der Waals surface area contributed by atoms with Crippen LogP contribution in [0.2, 0.25) is 0 Å². The van der Waals surface area contributed by atoms with E-state index in [-0.39, 0.29) is 0 Å². The summed E-state index contributed by atoms with van der Waals surface area (Å²) in [6.45, 7) is 9.28. The molecule has 0 aromatic carbocycles. The van der Waals surface area contributed by atoms with Crippen molar-refractivity contribution in [3.63, 3.8) is 0 Å². The van der Waals surface area contributed by atoms with Crippen LogP contribution in [0.25, 0.3) is 21.9 Å². The molecular weight excluding hydrogens is 300 g/mol. The zero-order chi connectivity index (χ0) is 16.4. The van der Waals surface area contributed by atoms with E-state index in [9.17, 15) is 0 Å². The molecule has 1 aliphatic heterocycles. The molecule has 3 aromatic heterocycles. The van der Waals surface area contributed by atoms with Gasteiger partial charge in [-0.3, -0.25) is 0 Å². The molecular formula is C18H18N6. The molecule has 1 fully saturated rings. The van der Waals surface area contributed by atoms with Gasteiger partial charge in [0.1, 0.15) is 11.5 Å². The summed E-state index contributed by atoms with van der Waals surface area (Å²) in [7, 11) is 0. The van der Waals surface area contributed by atoms with E-state index in [1.807, 2.05) is 28.7 Å². The van der Waals surface area contributed by atoms with Gasteiger partial charge in [0.2, 0.25) is 5.69 Å². The third-order valence-corrected chi connectivity index (χ3v) is 4.32. The van der Waals surface area contributed by atoms with Crippen molar-refractivity contribution in [3.8, 4) is 11.4 Å². The summed E-state index contributed by atoms with van der Waals surface area (Å²) in [5.74, 6) is 0.885. The Morgan fingerprint density at radius 1 is 1.21 bits per heavy atom. The summed E-state index contributed by atoms with van der Waals surface area (Å²) in [5.41, 5.74) is 3.15. The average Bonchev–Trinajstić information content (AvgIpc) is 3.06. The Bertz CT molecular complexity index is 901. The van der Waals surface area contributed by atoms with Gasteiger partial charge < -0.3 is 15.0 Å². The molecule has 4 rings (SSSR count). The maximum atomic E-state index is 7.19. The lowest BCUT2D eigenvalue weighted by molar-refractivity contribution is 0.478. The van der Waals surface area contributed by atoms with Gasteiger partial charge in [0.15, 0.2) is 0 Å². The van der Waals surface area contributed by atoms with Gasteiger partial charge in [-0.15, -0.1) is 0 Å². The number of piperidine rings is 1. The van der Waals surface area contributed by atoms with Crippen LogP contribution in [0.1, 0.15) is 12.8 Å². The number of fused-ring (bicyclic) bond motifs is 1. The third-order valence-electron chi connectivity index (χ3n) is 4.32. The first kappa shape index (κ1) is 14.7. The topological polar surface area (TPSA) is 58.6 Å². The number of hydrogen-bond acceptors (Lipinski definition) is 4. The summed E-state index contributed by atoms with van der Waals surface area (Å²) in [5, 5.41) is 6.89. The first-order chi connectivity index (χ1) is 11.8. The molecule has 0 saturated carbocycles. The van der Waals surface area contributed by atoms with E-state index >= 15 is 0 Å². The largest absolute Gasteiger partial charge is 0.367 e. The number of imidazole rings is 1. The van der Waals surface area contributed by atoms with Crippen LogP contribution < -0.4 is 10.6 Å². The number of pyridine rings is 2. The monoisotopic (exact) mass is 318 g/mol. The lowest BCUT2D eigenvalue weighted by Crippen LogP contribution is -2.35. The molecule has 1 aliphatic rings. The van der Waals surface area contributed by atoms with Crippen LogP contribution in [-0.2, 0) is 0 Å². The molecule has 0 amide bonds. The highest BCUT2D eigenvalue weighted by molar-refractivity contribution is 5.64. The van der Waals surface area contributed by atoms with Gasteiger partial charge in [0.05, 0.1) is 24.2 Å². The Morgan fingerprint density at radius 3 is 2.92 bits per heavy atom. The summed E-state index contributed by atoms with van der Waals surface area (Å²) in [4.78, 5) is 12.6. The van der Waals surface area contributed by atoms with Gasteiger partial charge >= 0.3 is 0 Å². The van der Waals surface area contributed by atoms with E-state index in [1.165, 1.54) is 0 Å². The summed E-state index contributed by atoms with van der Waals surface area (Å²) in [6, 6.07) is 10.1. The molecule has 3 aromatic rings. The first-order valence-corrected chi connectivity index (χ1v) is 8.13. The number of aromatic nitrogens is 3. The fourth-order valence-electron chi connectivity index (χ4n) is 3.06. The molecule has 0 spiro atoms. The van der Waals surface area contributed by atoms with Gasteiger partial charge in [0, 0.05) is 12.2 Å². The van der Waals surface area contributed by atoms with Crippen molar-refractivity contribution in [1.82, 2.24) is 19.7 Å². The number of anilines is 1. The molecule has 0 unspecified atom stereocenters. The van der Waals surface area contributed by atoms with E-state index in [4.69, 9.17) is 11.6 Å². The highest BCUT2D eigenvalue weighted by Gasteiger charge is 2.14. The Kier molecular flexibility index (Phi) is 3.85. The van der Waals surface area contributed by atoms with Gasteiger partial charge in [-0.2, -0.15) is 0 Å². The van der Waals surface area contributed by atoms with Crippen LogP contribution in [0.3, 0.4) is 0 Å². The van der Waals surface area contributed by atoms with Crippen LogP contribution in [0, 0.1) is 6.57 Å². The summed E-state index contributed by atoms with van der Waals surface area (Å²) >= 11 is 0. The van der Waals surface area contributed by atoms with Crippen molar-refractivity contribution in [3.05, 3.63) is 54.1 Å². The minimum absolute atomic E-state index is 0.463. The minimum Gasteiger partial charge on any atom is -0.367 e. The third kappa shape index (κ3) is 2.82. The van der Waals surface area contributed by atoms with E-state index in [0.29, 0.717) is 11.7 Å². The molecule has 24 heavy (non-hydrogen) atoms. The zero-order valence-corrected chi connectivity index (χ0v) is 13.2. The Balaban J connectivity index is 1.67. The fraction of sp³-hybridized carbons (Fsp3) is 0.278. The number of rotatable bonds is 3. The predicted octanol–water partition coefficient (Wildman–Crippen LogP) is 3.11. The maximum absolute atomic E-state index is 7.19. The molecule has 1 saturated heterocycles. The van der Waals surface area contributed by atoms with Crippen LogP contribution in [0.5, 0.6) is 0 Å². The van der Waals surface area contributed by atoms with Crippen molar-refractivity contribution in [2.24, 2.45) is 0 Å². The molecule has 2 N–H and O–H groups in total. The quantitative estimate of drug-likeness (QED) is 0.729. The predicted molar refractivity (Wildman–Crippen MR) is 94.2 cm³/mol. The normalized spacial score (nSPS) is 15.3. The maximum Gasteiger partial charge on any atom is 0.203 e. The number of nitrogens with one attached hydrogen (secondary N) is 2. The van der Waals surface area contributed by atoms with E-state index in [0.717, 1.165) is 48.8 Å². The Morgan fingerprint density at radius 2 is 2.08 bits per heavy atom. The van der Waals surface area contributed by atoms with Gasteiger partial charge in [-0.25, -0.2) is 14.8 Å². The molecule has 0 radical (unpaired) electrons. The molecule has 120 valence electrons. The molecule has 4 heterocycles. The fourth-order valence-corrected chi connectivity index (χ4v) is 3.06. The van der Waals surface area contributed by atoms with E-state index in [1.54, 1.807) is 18.5 Å². The van der Waals surface area contributed by atoms with Crippen LogP contribution in [0.4, 0.5) is 11.5 Å². The highest BCUT2D eigenvalue weighted by atomic mass is 15.1. The van der Waals surface area contributed by atoms with Crippen molar-refractivity contribution < 1.29 is 0 Å². The summed E-state index contributed by atoms with van der Waals surface area (Å²) < 4.78 is 1.92. The van der Waals surface area contributed by atoms with Crippen LogP contribution >= 0.6 is 0 Å². The standard InChI is InChI=1S/C18H18N6/c1-19-14-5-6-18-21-11-16(24(18)12-14)15-3-2-4-17(23-15)22-13-7-9-20-10-8-13/h2-6,11-13,20H,7-10H2,(H,22,23). The van der Waals surface area contributed by atoms with Crippen molar-refractivity contribution in [2.75, 3.05) is 18.4 Å². The van der Waals surface area contributed by atoms with Crippen molar-refractivity contribution in [1.29, 1.82) is 0 Å². The van der Waals surface area contributed by atoms with Gasteiger partial charge in [-0.05, 0) is 44.1 Å². The highest BCUT2D eigenvalue weighted by Crippen LogP contribution is 2.23. The van der Waals surface area contributed by atoms with E-state index in [2.05, 4.69) is 20.5 Å². The van der Waals surface area contributed by atoms with Crippen LogP contribution in [0.15, 0.2) is 42.7 Å². The molecule has 0 atom stereocenters. The Hall–Kier alpha value is -2.91. The SMILES string of the molecule is [C-]#[N+]c1ccc2ncc(-c3cccc(NC4CCNCC4)n3)n2c1. The molecule has 6 heteroatoms. The van der Waals surface area contributed by atoms with Gasteiger partial charge in [0.25, 0.3) is 0 Å². The number of hydrogen-bond donors (Lipinski definition) is 2. The summed E-state index contributed by atoms with van der Waals surface area (Å²) in [6.07, 6.45) is 5.82. The first-order valence-electron chi connectivity index (χ1n) is 8.13. The molecule has 0 aliphatic carbocycles. The second kappa shape index (κ2) is 6.30. The number of nitrogens with zero attached hydrogens (tertiary/aromatic N) is 4. The Labute approximate surface area is 140 Å². The molecule has 0 bridgehead atoms. The van der Waals surface area contributed by atoms with Crippen molar-refractivity contribution in [2.45, 2.75) is 18.9 Å². The second-order valence-electron chi connectivity index (χ2n) is 5.95. The molecule has 6 nitrogen and oxygen atoms in total. The lowest BCUT2D eigenvalue weighted by Gasteiger charge is -2.24. The average molecular weight is 318 g/mol. The van der Waals surface area contributed by atoms with Crippen LogP contribution in [-0.4, -0.2) is 33.5 Å². The van der Waals surface area contributed by atoms with Gasteiger partial charge in [-0.1, -0.05) is 12.1 Å². The van der Waals surface area contributed by atoms with E-state index < -0.39 is 0 Å². The zero-order valence-electron chi connectivity index (χ0n) is 13.2. The smallest absolute Gasteiger partial charge is 0.203 e. The van der Waals surface area contributed by atoms with Crippen molar-refractivity contribution >= 4 is 17.2 Å². The minimum atomic E-state index is 0.463. The second-order valence-corrected chi connectivity index (χ2v) is 5.95.